The molecule has 1 aromatic rings. The molecule has 0 radical (unpaired) electrons. The van der Waals surface area contributed by atoms with Crippen LogP contribution in [0.25, 0.3) is 0 Å². The van der Waals surface area contributed by atoms with Crippen LogP contribution in [0.15, 0.2) is 24.3 Å². The van der Waals surface area contributed by atoms with Gasteiger partial charge in [-0.1, -0.05) is 12.1 Å². The Kier molecular flexibility index (Phi) is 4.10. The lowest BCUT2D eigenvalue weighted by Gasteiger charge is -2.26. The monoisotopic (exact) mass is 238 g/mol. The molecule has 2 atom stereocenters. The third-order valence-electron chi connectivity index (χ3n) is 3.34. The first kappa shape index (κ1) is 12.5. The molecule has 0 saturated carbocycles. The number of nitrogens with zero attached hydrogens (tertiary/aromatic N) is 1. The summed E-state index contributed by atoms with van der Waals surface area (Å²) < 4.78 is 18.0. The molecule has 1 heterocycles. The van der Waals surface area contributed by atoms with Crippen molar-refractivity contribution in [2.75, 3.05) is 26.8 Å². The molecule has 2 N–H and O–H groups in total. The molecule has 17 heavy (non-hydrogen) atoms. The van der Waals surface area contributed by atoms with Gasteiger partial charge in [-0.2, -0.15) is 0 Å². The van der Waals surface area contributed by atoms with Gasteiger partial charge in [0.05, 0.1) is 12.6 Å². The summed E-state index contributed by atoms with van der Waals surface area (Å²) in [5.41, 5.74) is 7.23. The van der Waals surface area contributed by atoms with E-state index in [1.54, 1.807) is 7.11 Å². The van der Waals surface area contributed by atoms with E-state index in [1.807, 2.05) is 12.1 Å². The molecule has 4 heteroatoms. The first-order chi connectivity index (χ1) is 8.22. The van der Waals surface area contributed by atoms with Gasteiger partial charge in [0.15, 0.2) is 0 Å². The molecule has 0 spiro atoms. The molecule has 1 fully saturated rings. The third kappa shape index (κ3) is 2.83. The Morgan fingerprint density at radius 1 is 1.41 bits per heavy atom. The lowest BCUT2D eigenvalue weighted by atomic mass is 10.0. The van der Waals surface area contributed by atoms with Crippen molar-refractivity contribution in [3.05, 3.63) is 35.6 Å². The number of nitrogens with two attached hydrogens (primary N) is 1. The summed E-state index contributed by atoms with van der Waals surface area (Å²) in [4.78, 5) is 2.31. The van der Waals surface area contributed by atoms with Crippen LogP contribution in [-0.4, -0.2) is 37.7 Å². The van der Waals surface area contributed by atoms with Crippen LogP contribution >= 0.6 is 0 Å². The highest BCUT2D eigenvalue weighted by Gasteiger charge is 2.32. The van der Waals surface area contributed by atoms with Gasteiger partial charge < -0.3 is 10.5 Å². The van der Waals surface area contributed by atoms with Crippen molar-refractivity contribution in [1.82, 2.24) is 4.90 Å². The van der Waals surface area contributed by atoms with Crippen molar-refractivity contribution >= 4 is 0 Å². The second-order valence-electron chi connectivity index (χ2n) is 4.48. The number of hydrogen-bond acceptors (Lipinski definition) is 3. The Balaban J connectivity index is 2.12. The van der Waals surface area contributed by atoms with Crippen molar-refractivity contribution in [1.29, 1.82) is 0 Å². The van der Waals surface area contributed by atoms with Crippen molar-refractivity contribution in [2.24, 2.45) is 5.73 Å². The summed E-state index contributed by atoms with van der Waals surface area (Å²) in [6, 6.07) is 6.95. The number of rotatable bonds is 4. The van der Waals surface area contributed by atoms with Crippen molar-refractivity contribution in [3.8, 4) is 0 Å². The van der Waals surface area contributed by atoms with Crippen LogP contribution < -0.4 is 5.73 Å². The minimum atomic E-state index is -0.205. The van der Waals surface area contributed by atoms with E-state index in [0.29, 0.717) is 6.61 Å². The number of ether oxygens (including phenoxy) is 1. The number of likely N-dealkylation sites (tertiary alicyclic amines) is 1. The summed E-state index contributed by atoms with van der Waals surface area (Å²) in [6.45, 7) is 2.54. The molecule has 0 aromatic heterocycles. The lowest BCUT2D eigenvalue weighted by Crippen LogP contribution is -2.33. The second kappa shape index (κ2) is 5.58. The molecule has 94 valence electrons. The van der Waals surface area contributed by atoms with Gasteiger partial charge in [-0.05, 0) is 24.1 Å². The van der Waals surface area contributed by atoms with E-state index in [4.69, 9.17) is 10.5 Å². The molecule has 2 rings (SSSR count). The van der Waals surface area contributed by atoms with E-state index >= 15 is 0 Å². The highest BCUT2D eigenvalue weighted by Crippen LogP contribution is 2.30. The number of methoxy groups -OCH3 is 1. The zero-order chi connectivity index (χ0) is 12.3. The van der Waals surface area contributed by atoms with Crippen molar-refractivity contribution in [3.63, 3.8) is 0 Å². The smallest absolute Gasteiger partial charge is 0.123 e. The average molecular weight is 238 g/mol. The van der Waals surface area contributed by atoms with Gasteiger partial charge in [0.2, 0.25) is 0 Å². The fourth-order valence-corrected chi connectivity index (χ4v) is 2.46. The highest BCUT2D eigenvalue weighted by atomic mass is 19.1. The Bertz CT molecular complexity index is 355. The maximum Gasteiger partial charge on any atom is 0.123 e. The van der Waals surface area contributed by atoms with Gasteiger partial charge in [-0.15, -0.1) is 0 Å². The van der Waals surface area contributed by atoms with Gasteiger partial charge in [0, 0.05) is 26.2 Å². The van der Waals surface area contributed by atoms with Gasteiger partial charge in [-0.3, -0.25) is 4.90 Å². The largest absolute Gasteiger partial charge is 0.383 e. The Morgan fingerprint density at radius 3 is 2.76 bits per heavy atom. The standard InChI is InChI=1S/C13H19FN2O/c1-17-9-8-16-7-6-12(15)13(16)10-2-4-11(14)5-3-10/h2-5,12-13H,6-9,15H2,1H3. The van der Waals surface area contributed by atoms with E-state index in [2.05, 4.69) is 4.90 Å². The molecule has 1 saturated heterocycles. The maximum atomic E-state index is 12.9. The summed E-state index contributed by atoms with van der Waals surface area (Å²) in [5.74, 6) is -0.205. The minimum absolute atomic E-state index is 0.123. The van der Waals surface area contributed by atoms with Crippen LogP contribution in [0.5, 0.6) is 0 Å². The summed E-state index contributed by atoms with van der Waals surface area (Å²) >= 11 is 0. The van der Waals surface area contributed by atoms with Crippen molar-refractivity contribution in [2.45, 2.75) is 18.5 Å². The average Bonchev–Trinajstić information content (AvgIpc) is 2.69. The molecule has 1 aliphatic rings. The zero-order valence-electron chi connectivity index (χ0n) is 10.1. The predicted octanol–water partition coefficient (Wildman–Crippen LogP) is 1.55. The number of benzene rings is 1. The maximum absolute atomic E-state index is 12.9. The van der Waals surface area contributed by atoms with Crippen molar-refractivity contribution < 1.29 is 9.13 Å². The predicted molar refractivity (Wildman–Crippen MR) is 65.2 cm³/mol. The second-order valence-corrected chi connectivity index (χ2v) is 4.48. The lowest BCUT2D eigenvalue weighted by molar-refractivity contribution is 0.139. The molecule has 1 aromatic carbocycles. The van der Waals surface area contributed by atoms with Gasteiger partial charge in [0.1, 0.15) is 5.82 Å². The van der Waals surface area contributed by atoms with Crippen LogP contribution in [-0.2, 0) is 4.74 Å². The Hall–Kier alpha value is -0.970. The Morgan fingerprint density at radius 2 is 2.12 bits per heavy atom. The van der Waals surface area contributed by atoms with Gasteiger partial charge in [0.25, 0.3) is 0 Å². The normalized spacial score (nSPS) is 25.4. The van der Waals surface area contributed by atoms with Gasteiger partial charge in [-0.25, -0.2) is 4.39 Å². The van der Waals surface area contributed by atoms with Crippen LogP contribution in [0, 0.1) is 5.82 Å². The molecule has 2 unspecified atom stereocenters. The van der Waals surface area contributed by atoms with E-state index in [9.17, 15) is 4.39 Å². The molecular weight excluding hydrogens is 219 g/mol. The SMILES string of the molecule is COCCN1CCC(N)C1c1ccc(F)cc1. The third-order valence-corrected chi connectivity index (χ3v) is 3.34. The highest BCUT2D eigenvalue weighted by molar-refractivity contribution is 5.23. The zero-order valence-corrected chi connectivity index (χ0v) is 10.1. The topological polar surface area (TPSA) is 38.5 Å². The van der Waals surface area contributed by atoms with E-state index < -0.39 is 0 Å². The van der Waals surface area contributed by atoms with Crippen LogP contribution in [0.3, 0.4) is 0 Å². The first-order valence-corrected chi connectivity index (χ1v) is 5.96. The van der Waals surface area contributed by atoms with E-state index in [0.717, 1.165) is 25.1 Å². The quantitative estimate of drug-likeness (QED) is 0.865. The Labute approximate surface area is 101 Å². The van der Waals surface area contributed by atoms with Crippen LogP contribution in [0.1, 0.15) is 18.0 Å². The van der Waals surface area contributed by atoms with Gasteiger partial charge >= 0.3 is 0 Å². The molecule has 3 nitrogen and oxygen atoms in total. The molecule has 0 aliphatic carbocycles. The summed E-state index contributed by atoms with van der Waals surface area (Å²) in [7, 11) is 1.70. The summed E-state index contributed by atoms with van der Waals surface area (Å²) in [5, 5.41) is 0. The number of hydrogen-bond donors (Lipinski definition) is 1. The fraction of sp³-hybridized carbons (Fsp3) is 0.538. The minimum Gasteiger partial charge on any atom is -0.383 e. The fourth-order valence-electron chi connectivity index (χ4n) is 2.46. The van der Waals surface area contributed by atoms with Crippen LogP contribution in [0.4, 0.5) is 4.39 Å². The summed E-state index contributed by atoms with van der Waals surface area (Å²) in [6.07, 6.45) is 0.978. The first-order valence-electron chi connectivity index (χ1n) is 5.96. The molecule has 0 bridgehead atoms. The molecule has 1 aliphatic heterocycles. The van der Waals surface area contributed by atoms with E-state index in [1.165, 1.54) is 12.1 Å². The van der Waals surface area contributed by atoms with E-state index in [-0.39, 0.29) is 17.9 Å². The number of halogens is 1. The van der Waals surface area contributed by atoms with Crippen LogP contribution in [0.2, 0.25) is 0 Å². The molecular formula is C13H19FN2O. The molecule has 0 amide bonds.